The van der Waals surface area contributed by atoms with E-state index < -0.39 is 47.4 Å². The topological polar surface area (TPSA) is 107 Å². The van der Waals surface area contributed by atoms with Crippen LogP contribution in [0.3, 0.4) is 0 Å². The maximum Gasteiger partial charge on any atom is 0.398 e. The molecule has 1 aliphatic heterocycles. The van der Waals surface area contributed by atoms with E-state index in [0.29, 0.717) is 10.6 Å². The number of rotatable bonds is 6. The van der Waals surface area contributed by atoms with Crippen molar-refractivity contribution in [3.05, 3.63) is 63.5 Å². The summed E-state index contributed by atoms with van der Waals surface area (Å²) in [6.45, 7) is 2.15. The Balaban J connectivity index is 1.80. The molecule has 0 bridgehead atoms. The highest BCUT2D eigenvalue weighted by Crippen LogP contribution is 2.46. The van der Waals surface area contributed by atoms with Crippen LogP contribution in [0.2, 0.25) is 0 Å². The molecule has 1 unspecified atom stereocenters. The van der Waals surface area contributed by atoms with Crippen molar-refractivity contribution in [3.8, 4) is 17.0 Å². The largest absolute Gasteiger partial charge is 0.489 e. The van der Waals surface area contributed by atoms with Crippen LogP contribution in [0.15, 0.2) is 36.5 Å². The number of carbonyl (C=O) groups excluding carboxylic acids is 2. The third-order valence-electron chi connectivity index (χ3n) is 5.82. The molecule has 12 heteroatoms. The van der Waals surface area contributed by atoms with Gasteiger partial charge in [0.1, 0.15) is 40.1 Å². The van der Waals surface area contributed by atoms with Crippen LogP contribution in [-0.2, 0) is 10.2 Å². The average Bonchev–Trinajstić information content (AvgIpc) is 3.37. The van der Waals surface area contributed by atoms with Gasteiger partial charge in [0.05, 0.1) is 16.9 Å². The van der Waals surface area contributed by atoms with Gasteiger partial charge in [0, 0.05) is 17.7 Å². The first-order valence-electron chi connectivity index (χ1n) is 10.4. The zero-order valence-electron chi connectivity index (χ0n) is 18.6. The van der Waals surface area contributed by atoms with E-state index in [1.165, 1.54) is 25.3 Å². The van der Waals surface area contributed by atoms with Crippen molar-refractivity contribution in [1.82, 2.24) is 15.3 Å². The SMILES string of the molecule is Cc1ncc(C(=O)NCC(c2cc3c(c(-c4ccc(F)cc4)n2)OC[C@]3(C)C(N)=O)C(F)(F)F)s1. The standard InChI is InChI=1S/C23H20F4N4O3S/c1-11-29-9-17(35-11)20(32)30-8-15(23(25,26)27)16-7-14-19(34-10-22(14,2)21(28)33)18(31-16)12-3-5-13(24)6-4-12/h3-7,9,15H,8,10H2,1-2H3,(H2,28,33)(H,30,32)/t15?,22-/m0/s1. The van der Waals surface area contributed by atoms with Crippen molar-refractivity contribution in [2.45, 2.75) is 31.4 Å². The maximum atomic E-state index is 14.2. The van der Waals surface area contributed by atoms with Gasteiger partial charge in [-0.05, 0) is 44.2 Å². The summed E-state index contributed by atoms with van der Waals surface area (Å²) in [5.74, 6) is -4.13. The number of nitrogens with one attached hydrogen (secondary N) is 1. The van der Waals surface area contributed by atoms with E-state index in [9.17, 15) is 27.2 Å². The third-order valence-corrected chi connectivity index (χ3v) is 6.73. The second kappa shape index (κ2) is 8.91. The van der Waals surface area contributed by atoms with Crippen LogP contribution in [0.4, 0.5) is 17.6 Å². The van der Waals surface area contributed by atoms with Gasteiger partial charge in [-0.1, -0.05) is 0 Å². The zero-order chi connectivity index (χ0) is 25.5. The number of benzene rings is 1. The van der Waals surface area contributed by atoms with E-state index in [0.717, 1.165) is 29.5 Å². The summed E-state index contributed by atoms with van der Waals surface area (Å²) < 4.78 is 61.7. The fraction of sp³-hybridized carbons (Fsp3) is 0.304. The van der Waals surface area contributed by atoms with Gasteiger partial charge < -0.3 is 15.8 Å². The second-order valence-corrected chi connectivity index (χ2v) is 9.55. The molecule has 184 valence electrons. The molecule has 0 saturated carbocycles. The maximum absolute atomic E-state index is 14.2. The summed E-state index contributed by atoms with van der Waals surface area (Å²) in [4.78, 5) is 32.9. The number of nitrogens with zero attached hydrogens (tertiary/aromatic N) is 2. The number of carbonyl (C=O) groups is 2. The Kier molecular flexibility index (Phi) is 6.26. The minimum absolute atomic E-state index is 0.0149. The predicted molar refractivity (Wildman–Crippen MR) is 120 cm³/mol. The van der Waals surface area contributed by atoms with Crippen LogP contribution >= 0.6 is 11.3 Å². The zero-order valence-corrected chi connectivity index (χ0v) is 19.4. The second-order valence-electron chi connectivity index (χ2n) is 8.31. The van der Waals surface area contributed by atoms with Crippen LogP contribution in [0.25, 0.3) is 11.3 Å². The van der Waals surface area contributed by atoms with Crippen LogP contribution in [0, 0.1) is 12.7 Å². The number of nitrogens with two attached hydrogens (primary N) is 1. The molecule has 3 aromatic rings. The van der Waals surface area contributed by atoms with Gasteiger partial charge in [-0.3, -0.25) is 9.59 Å². The van der Waals surface area contributed by atoms with Crippen molar-refractivity contribution in [2.75, 3.05) is 13.2 Å². The smallest absolute Gasteiger partial charge is 0.398 e. The number of hydrogen-bond acceptors (Lipinski definition) is 6. The number of primary amides is 1. The lowest BCUT2D eigenvalue weighted by Crippen LogP contribution is -2.40. The van der Waals surface area contributed by atoms with Crippen LogP contribution in [-0.4, -0.2) is 41.1 Å². The summed E-state index contributed by atoms with van der Waals surface area (Å²) in [7, 11) is 0. The third kappa shape index (κ3) is 4.70. The lowest BCUT2D eigenvalue weighted by atomic mass is 9.82. The Morgan fingerprint density at radius 2 is 1.97 bits per heavy atom. The predicted octanol–water partition coefficient (Wildman–Crippen LogP) is 3.86. The Labute approximate surface area is 201 Å². The monoisotopic (exact) mass is 508 g/mol. The number of aryl methyl sites for hydroxylation is 1. The van der Waals surface area contributed by atoms with Crippen molar-refractivity contribution < 1.29 is 31.9 Å². The highest BCUT2D eigenvalue weighted by atomic mass is 32.1. The number of aromatic nitrogens is 2. The Hall–Kier alpha value is -3.54. The fourth-order valence-corrected chi connectivity index (χ4v) is 4.42. The highest BCUT2D eigenvalue weighted by molar-refractivity contribution is 7.13. The molecule has 7 nitrogen and oxygen atoms in total. The number of amides is 2. The summed E-state index contributed by atoms with van der Waals surface area (Å²) >= 11 is 1.05. The number of thiazole rings is 1. The molecule has 0 fully saturated rings. The Morgan fingerprint density at radius 3 is 2.54 bits per heavy atom. The molecule has 2 aromatic heterocycles. The summed E-state index contributed by atoms with van der Waals surface area (Å²) in [5.41, 5.74) is 4.18. The number of hydrogen-bond donors (Lipinski definition) is 2. The van der Waals surface area contributed by atoms with E-state index in [1.807, 2.05) is 0 Å². The normalized spacial score (nSPS) is 18.0. The van der Waals surface area contributed by atoms with Crippen molar-refractivity contribution >= 4 is 23.2 Å². The van der Waals surface area contributed by atoms with E-state index in [2.05, 4.69) is 15.3 Å². The van der Waals surface area contributed by atoms with E-state index in [-0.39, 0.29) is 28.5 Å². The number of pyridine rings is 1. The molecule has 3 N–H and O–H groups in total. The van der Waals surface area contributed by atoms with Crippen LogP contribution < -0.4 is 15.8 Å². The summed E-state index contributed by atoms with van der Waals surface area (Å²) in [5, 5.41) is 2.89. The van der Waals surface area contributed by atoms with Crippen molar-refractivity contribution in [1.29, 1.82) is 0 Å². The Bertz CT molecular complexity index is 1290. The van der Waals surface area contributed by atoms with E-state index >= 15 is 0 Å². The average molecular weight is 508 g/mol. The molecule has 0 radical (unpaired) electrons. The molecule has 3 heterocycles. The molecule has 0 spiro atoms. The fourth-order valence-electron chi connectivity index (χ4n) is 3.73. The molecule has 1 aliphatic rings. The first-order chi connectivity index (χ1) is 16.4. The number of alkyl halides is 3. The van der Waals surface area contributed by atoms with E-state index in [4.69, 9.17) is 10.5 Å². The van der Waals surface area contributed by atoms with Crippen LogP contribution in [0.1, 0.15) is 38.8 Å². The number of halogens is 4. The van der Waals surface area contributed by atoms with Crippen molar-refractivity contribution in [2.24, 2.45) is 5.73 Å². The quantitative estimate of drug-likeness (QED) is 0.492. The van der Waals surface area contributed by atoms with Gasteiger partial charge in [-0.2, -0.15) is 13.2 Å². The first-order valence-corrected chi connectivity index (χ1v) is 11.2. The van der Waals surface area contributed by atoms with Gasteiger partial charge in [0.2, 0.25) is 5.91 Å². The molecule has 4 rings (SSSR count). The van der Waals surface area contributed by atoms with Crippen molar-refractivity contribution in [3.63, 3.8) is 0 Å². The molecular formula is C23H20F4N4O3S. The van der Waals surface area contributed by atoms with Gasteiger partial charge in [-0.25, -0.2) is 14.4 Å². The number of ether oxygens (including phenoxy) is 1. The number of fused-ring (bicyclic) bond motifs is 1. The Morgan fingerprint density at radius 1 is 1.29 bits per heavy atom. The molecule has 1 aromatic carbocycles. The molecule has 2 atom stereocenters. The minimum Gasteiger partial charge on any atom is -0.489 e. The molecular weight excluding hydrogens is 488 g/mol. The van der Waals surface area contributed by atoms with E-state index in [1.54, 1.807) is 6.92 Å². The van der Waals surface area contributed by atoms with Gasteiger partial charge >= 0.3 is 6.18 Å². The molecule has 0 saturated heterocycles. The molecule has 0 aliphatic carbocycles. The van der Waals surface area contributed by atoms with Gasteiger partial charge in [0.15, 0.2) is 0 Å². The lowest BCUT2D eigenvalue weighted by molar-refractivity contribution is -0.149. The van der Waals surface area contributed by atoms with Gasteiger partial charge in [-0.15, -0.1) is 11.3 Å². The molecule has 35 heavy (non-hydrogen) atoms. The summed E-state index contributed by atoms with van der Waals surface area (Å²) in [6.07, 6.45) is -3.51. The van der Waals surface area contributed by atoms with Crippen LogP contribution in [0.5, 0.6) is 5.75 Å². The lowest BCUT2D eigenvalue weighted by Gasteiger charge is -2.24. The highest BCUT2D eigenvalue weighted by Gasteiger charge is 2.47. The molecule has 2 amide bonds. The minimum atomic E-state index is -4.79. The summed E-state index contributed by atoms with van der Waals surface area (Å²) in [6, 6.07) is 6.11. The van der Waals surface area contributed by atoms with Gasteiger partial charge in [0.25, 0.3) is 5.91 Å². The first kappa shape index (κ1) is 24.6.